The highest BCUT2D eigenvalue weighted by Gasteiger charge is 2.74. The molecule has 0 bridgehead atoms. The van der Waals surface area contributed by atoms with Crippen LogP contribution in [0.15, 0.2) is 72.8 Å². The van der Waals surface area contributed by atoms with Gasteiger partial charge >= 0.3 is 6.18 Å². The van der Waals surface area contributed by atoms with E-state index in [1.165, 1.54) is 12.1 Å². The smallest absolute Gasteiger partial charge is 0.349 e. The first kappa shape index (κ1) is 23.6. The molecule has 2 fully saturated rings. The van der Waals surface area contributed by atoms with Crippen molar-refractivity contribution in [2.24, 2.45) is 11.8 Å². The maximum atomic E-state index is 13.8. The molecule has 2 aliphatic heterocycles. The molecule has 0 saturated carbocycles. The Morgan fingerprint density at radius 2 is 1.41 bits per heavy atom. The predicted molar refractivity (Wildman–Crippen MR) is 124 cm³/mol. The van der Waals surface area contributed by atoms with Crippen LogP contribution in [0.4, 0.5) is 18.9 Å². The third kappa shape index (κ3) is 3.10. The largest absolute Gasteiger partial charge is 0.417 e. The number of Topliss-reactive ketones (excluding diaryl/α,β-unsaturated/α-hetero) is 2. The maximum absolute atomic E-state index is 13.8. The van der Waals surface area contributed by atoms with Gasteiger partial charge in [0.2, 0.25) is 29.0 Å². The number of imide groups is 1. The Morgan fingerprint density at radius 3 is 2.00 bits per heavy atom. The van der Waals surface area contributed by atoms with Crippen molar-refractivity contribution in [1.29, 1.82) is 0 Å². The standard InChI is InChI=1S/C27H15ClF3NO5/c28-18-11-10-14(12-17(18)27(29,30)31)32-24(35)19-20(25(32)36)26(37-21(19)13-6-2-1-3-7-13)22(33)15-8-4-5-9-16(15)23(26)34/h1-12,19-21H/t19-,20-,21-/m0/s1. The van der Waals surface area contributed by atoms with E-state index >= 15 is 0 Å². The molecule has 0 unspecified atom stereocenters. The van der Waals surface area contributed by atoms with Crippen molar-refractivity contribution in [2.75, 3.05) is 4.90 Å². The van der Waals surface area contributed by atoms with Crippen LogP contribution in [0.5, 0.6) is 0 Å². The highest BCUT2D eigenvalue weighted by atomic mass is 35.5. The average Bonchev–Trinajstić information content (AvgIpc) is 3.44. The minimum Gasteiger partial charge on any atom is -0.349 e. The van der Waals surface area contributed by atoms with E-state index in [4.69, 9.17) is 16.3 Å². The van der Waals surface area contributed by atoms with Gasteiger partial charge in [0, 0.05) is 11.1 Å². The van der Waals surface area contributed by atoms with Crippen molar-refractivity contribution in [2.45, 2.75) is 17.9 Å². The molecule has 3 aromatic carbocycles. The van der Waals surface area contributed by atoms with Gasteiger partial charge in [-0.3, -0.25) is 19.2 Å². The molecule has 37 heavy (non-hydrogen) atoms. The molecule has 2 saturated heterocycles. The molecule has 0 aromatic heterocycles. The zero-order valence-corrected chi connectivity index (χ0v) is 19.4. The van der Waals surface area contributed by atoms with Gasteiger partial charge in [-0.05, 0) is 23.8 Å². The van der Waals surface area contributed by atoms with E-state index in [0.717, 1.165) is 12.1 Å². The summed E-state index contributed by atoms with van der Waals surface area (Å²) < 4.78 is 46.7. The van der Waals surface area contributed by atoms with Crippen molar-refractivity contribution in [3.8, 4) is 0 Å². The summed E-state index contributed by atoms with van der Waals surface area (Å²) in [5.41, 5.74) is -3.33. The molecule has 10 heteroatoms. The number of carbonyl (C=O) groups is 4. The van der Waals surface area contributed by atoms with Crippen LogP contribution in [0.25, 0.3) is 0 Å². The summed E-state index contributed by atoms with van der Waals surface area (Å²) in [6, 6.07) is 17.0. The Labute approximate surface area is 212 Å². The second-order valence-corrected chi connectivity index (χ2v) is 9.47. The van der Waals surface area contributed by atoms with Crippen molar-refractivity contribution >= 4 is 40.7 Å². The number of benzene rings is 3. The lowest BCUT2D eigenvalue weighted by Crippen LogP contribution is -2.51. The number of nitrogens with zero attached hydrogens (tertiary/aromatic N) is 1. The molecular formula is C27H15ClF3NO5. The average molecular weight is 526 g/mol. The molecule has 0 radical (unpaired) electrons. The number of anilines is 1. The Hall–Kier alpha value is -3.82. The van der Waals surface area contributed by atoms with Gasteiger partial charge in [-0.25, -0.2) is 4.90 Å². The molecule has 2 amide bonds. The first-order valence-corrected chi connectivity index (χ1v) is 11.6. The van der Waals surface area contributed by atoms with Crippen molar-refractivity contribution in [3.05, 3.63) is 100 Å². The summed E-state index contributed by atoms with van der Waals surface area (Å²) in [6.45, 7) is 0. The zero-order chi connectivity index (χ0) is 26.3. The van der Waals surface area contributed by atoms with E-state index in [1.807, 2.05) is 0 Å². The number of fused-ring (bicyclic) bond motifs is 3. The lowest BCUT2D eigenvalue weighted by molar-refractivity contribution is -0.137. The van der Waals surface area contributed by atoms with Crippen LogP contribution in [0.1, 0.15) is 37.9 Å². The molecule has 3 aromatic rings. The van der Waals surface area contributed by atoms with Gasteiger partial charge in [-0.2, -0.15) is 13.2 Å². The summed E-state index contributed by atoms with van der Waals surface area (Å²) in [4.78, 5) is 55.5. The minimum atomic E-state index is -4.84. The molecular weight excluding hydrogens is 511 g/mol. The number of ether oxygens (including phenoxy) is 1. The number of ketones is 2. The lowest BCUT2D eigenvalue weighted by atomic mass is 9.77. The first-order chi connectivity index (χ1) is 17.6. The van der Waals surface area contributed by atoms with Crippen LogP contribution in [0.3, 0.4) is 0 Å². The second-order valence-electron chi connectivity index (χ2n) is 9.07. The maximum Gasteiger partial charge on any atom is 0.417 e. The SMILES string of the molecule is O=C1[C@H]2[C@@H](C(=O)N1c1ccc(Cl)c(C(F)(F)F)c1)C1(O[C@H]2c2ccccc2)C(=O)c2ccccc2C1=O. The molecule has 6 rings (SSSR count). The van der Waals surface area contributed by atoms with Crippen LogP contribution in [0, 0.1) is 11.8 Å². The van der Waals surface area contributed by atoms with E-state index in [0.29, 0.717) is 16.5 Å². The Balaban J connectivity index is 1.53. The van der Waals surface area contributed by atoms with E-state index in [1.54, 1.807) is 42.5 Å². The topological polar surface area (TPSA) is 80.8 Å². The fourth-order valence-electron chi connectivity index (χ4n) is 5.58. The molecule has 1 spiro atoms. The summed E-state index contributed by atoms with van der Waals surface area (Å²) in [5.74, 6) is -6.25. The number of hydrogen-bond acceptors (Lipinski definition) is 5. The van der Waals surface area contributed by atoms with Crippen molar-refractivity contribution in [3.63, 3.8) is 0 Å². The highest BCUT2D eigenvalue weighted by Crippen LogP contribution is 2.57. The van der Waals surface area contributed by atoms with Crippen LogP contribution < -0.4 is 4.90 Å². The van der Waals surface area contributed by atoms with Crippen LogP contribution in [-0.4, -0.2) is 29.0 Å². The van der Waals surface area contributed by atoms with Crippen LogP contribution in [0.2, 0.25) is 5.02 Å². The van der Waals surface area contributed by atoms with Gasteiger partial charge in [-0.15, -0.1) is 0 Å². The molecule has 186 valence electrons. The fraction of sp³-hybridized carbons (Fsp3) is 0.185. The summed E-state index contributed by atoms with van der Waals surface area (Å²) in [5, 5.41) is -0.603. The van der Waals surface area contributed by atoms with E-state index in [9.17, 15) is 32.3 Å². The third-order valence-electron chi connectivity index (χ3n) is 7.16. The Bertz CT molecular complexity index is 1480. The van der Waals surface area contributed by atoms with Crippen LogP contribution >= 0.6 is 11.6 Å². The molecule has 3 aliphatic rings. The molecule has 1 aliphatic carbocycles. The fourth-order valence-corrected chi connectivity index (χ4v) is 5.81. The van der Waals surface area contributed by atoms with Gasteiger partial charge in [0.15, 0.2) is 0 Å². The van der Waals surface area contributed by atoms with Crippen LogP contribution in [-0.2, 0) is 20.5 Å². The first-order valence-electron chi connectivity index (χ1n) is 11.2. The molecule has 3 atom stereocenters. The number of carbonyl (C=O) groups excluding carboxylic acids is 4. The monoisotopic (exact) mass is 525 g/mol. The number of hydrogen-bond donors (Lipinski definition) is 0. The number of alkyl halides is 3. The number of rotatable bonds is 2. The van der Waals surface area contributed by atoms with Gasteiger partial charge in [-0.1, -0.05) is 66.2 Å². The zero-order valence-electron chi connectivity index (χ0n) is 18.7. The second kappa shape index (κ2) is 7.84. The van der Waals surface area contributed by atoms with Crippen molar-refractivity contribution < 1.29 is 37.1 Å². The quantitative estimate of drug-likeness (QED) is 0.345. The summed E-state index contributed by atoms with van der Waals surface area (Å²) in [7, 11) is 0. The van der Waals surface area contributed by atoms with Crippen molar-refractivity contribution in [1.82, 2.24) is 0 Å². The summed E-state index contributed by atoms with van der Waals surface area (Å²) >= 11 is 5.73. The number of halogens is 4. The molecule has 6 nitrogen and oxygen atoms in total. The van der Waals surface area contributed by atoms with E-state index in [-0.39, 0.29) is 16.8 Å². The molecule has 2 heterocycles. The minimum absolute atomic E-state index is 0.0597. The predicted octanol–water partition coefficient (Wildman–Crippen LogP) is 5.05. The van der Waals surface area contributed by atoms with Gasteiger partial charge < -0.3 is 4.74 Å². The van der Waals surface area contributed by atoms with Gasteiger partial charge in [0.1, 0.15) is 0 Å². The Kier molecular flexibility index (Phi) is 4.99. The third-order valence-corrected chi connectivity index (χ3v) is 7.49. The van der Waals surface area contributed by atoms with Gasteiger partial charge in [0.25, 0.3) is 0 Å². The van der Waals surface area contributed by atoms with E-state index < -0.39 is 63.7 Å². The Morgan fingerprint density at radius 1 is 0.811 bits per heavy atom. The number of amides is 2. The van der Waals surface area contributed by atoms with E-state index in [2.05, 4.69) is 0 Å². The molecule has 0 N–H and O–H groups in total. The lowest BCUT2D eigenvalue weighted by Gasteiger charge is -2.27. The normalized spacial score (nSPS) is 24.2. The summed E-state index contributed by atoms with van der Waals surface area (Å²) in [6.07, 6.45) is -6.01. The van der Waals surface area contributed by atoms with Gasteiger partial charge in [0.05, 0.1) is 34.2 Å². The highest BCUT2D eigenvalue weighted by molar-refractivity contribution is 6.37.